The van der Waals surface area contributed by atoms with E-state index in [0.29, 0.717) is 23.1 Å². The molecule has 1 aliphatic heterocycles. The predicted molar refractivity (Wildman–Crippen MR) is 108 cm³/mol. The number of sulfonamides is 1. The van der Waals surface area contributed by atoms with Crippen LogP contribution in [0.15, 0.2) is 62.6 Å². The smallest absolute Gasteiger partial charge is 0.286 e. The fourth-order valence-corrected chi connectivity index (χ4v) is 4.50. The number of para-hydroxylation sites is 2. The maximum atomic E-state index is 13.2. The molecule has 2 heterocycles. The minimum absolute atomic E-state index is 0.0292. The van der Waals surface area contributed by atoms with Crippen LogP contribution in [0.3, 0.4) is 0 Å². The van der Waals surface area contributed by atoms with Crippen molar-refractivity contribution in [3.63, 3.8) is 0 Å². The fraction of sp³-hybridized carbons (Fsp3) is 0.200. The largest absolute Gasteiger partial charge is 0.506 e. The van der Waals surface area contributed by atoms with Gasteiger partial charge < -0.3 is 15.0 Å². The number of aromatic nitrogens is 1. The highest BCUT2D eigenvalue weighted by Gasteiger charge is 2.29. The summed E-state index contributed by atoms with van der Waals surface area (Å²) in [6.07, 6.45) is 0. The van der Waals surface area contributed by atoms with Crippen LogP contribution in [0.2, 0.25) is 0 Å². The fourth-order valence-electron chi connectivity index (χ4n) is 3.37. The Morgan fingerprint density at radius 3 is 2.54 bits per heavy atom. The summed E-state index contributed by atoms with van der Waals surface area (Å²) >= 11 is 0. The summed E-state index contributed by atoms with van der Waals surface area (Å²) in [4.78, 5) is 13.3. The Bertz CT molecular complexity index is 1290. The van der Waals surface area contributed by atoms with Crippen molar-refractivity contribution < 1.29 is 13.5 Å². The topological polar surface area (TPSA) is 101 Å². The van der Waals surface area contributed by atoms with E-state index >= 15 is 0 Å². The van der Waals surface area contributed by atoms with Crippen molar-refractivity contribution in [1.29, 1.82) is 0 Å². The summed E-state index contributed by atoms with van der Waals surface area (Å²) in [5.74, 6) is -0.296. The first-order chi connectivity index (χ1) is 13.3. The number of aromatic hydroxyl groups is 1. The van der Waals surface area contributed by atoms with Gasteiger partial charge in [0, 0.05) is 11.9 Å². The van der Waals surface area contributed by atoms with Gasteiger partial charge in [-0.25, -0.2) is 0 Å². The highest BCUT2D eigenvalue weighted by Crippen LogP contribution is 2.32. The minimum atomic E-state index is -4.00. The van der Waals surface area contributed by atoms with Crippen molar-refractivity contribution in [2.45, 2.75) is 25.3 Å². The van der Waals surface area contributed by atoms with Gasteiger partial charge in [-0.15, -0.1) is 4.40 Å². The third kappa shape index (κ3) is 2.86. The summed E-state index contributed by atoms with van der Waals surface area (Å²) < 4.78 is 30.5. The Balaban J connectivity index is 2.03. The monoisotopic (exact) mass is 397 g/mol. The lowest BCUT2D eigenvalue weighted by molar-refractivity contribution is 0.473. The normalized spacial score (nSPS) is 15.2. The number of nitrogens with one attached hydrogen (secondary N) is 1. The van der Waals surface area contributed by atoms with Gasteiger partial charge in [0.05, 0.1) is 11.2 Å². The number of rotatable bonds is 3. The Labute approximate surface area is 162 Å². The van der Waals surface area contributed by atoms with E-state index in [9.17, 15) is 18.3 Å². The molecule has 0 fully saturated rings. The zero-order valence-electron chi connectivity index (χ0n) is 15.4. The molecule has 0 unspecified atom stereocenters. The van der Waals surface area contributed by atoms with Gasteiger partial charge in [-0.05, 0) is 30.2 Å². The number of amidine groups is 1. The number of anilines is 1. The Hall–Kier alpha value is -3.13. The molecule has 4 rings (SSSR count). The van der Waals surface area contributed by atoms with E-state index < -0.39 is 15.6 Å². The van der Waals surface area contributed by atoms with Gasteiger partial charge in [-0.1, -0.05) is 38.1 Å². The maximum absolute atomic E-state index is 13.2. The molecule has 0 bridgehead atoms. The molecule has 0 saturated heterocycles. The third-order valence-electron chi connectivity index (χ3n) is 4.56. The van der Waals surface area contributed by atoms with Crippen LogP contribution < -0.4 is 10.9 Å². The van der Waals surface area contributed by atoms with Gasteiger partial charge in [-0.2, -0.15) is 8.42 Å². The first-order valence-corrected chi connectivity index (χ1v) is 10.3. The molecular weight excluding hydrogens is 378 g/mol. The molecule has 28 heavy (non-hydrogen) atoms. The molecule has 0 saturated carbocycles. The van der Waals surface area contributed by atoms with Crippen molar-refractivity contribution in [3.05, 3.63) is 64.4 Å². The molecular formula is C20H19N3O4S. The number of benzene rings is 2. The summed E-state index contributed by atoms with van der Waals surface area (Å²) in [5, 5.41) is 14.2. The summed E-state index contributed by atoms with van der Waals surface area (Å²) in [7, 11) is -4.00. The quantitative estimate of drug-likeness (QED) is 0.708. The number of hydrogen-bond acceptors (Lipinski definition) is 5. The van der Waals surface area contributed by atoms with Gasteiger partial charge in [0.25, 0.3) is 15.6 Å². The lowest BCUT2D eigenvalue weighted by Crippen LogP contribution is -2.33. The van der Waals surface area contributed by atoms with Gasteiger partial charge in [0.15, 0.2) is 5.84 Å². The van der Waals surface area contributed by atoms with Crippen LogP contribution in [0.25, 0.3) is 10.9 Å². The minimum Gasteiger partial charge on any atom is -0.506 e. The van der Waals surface area contributed by atoms with Gasteiger partial charge >= 0.3 is 0 Å². The Kier molecular flexibility index (Phi) is 4.23. The maximum Gasteiger partial charge on any atom is 0.286 e. The molecule has 2 N–H and O–H groups in total. The van der Waals surface area contributed by atoms with E-state index in [4.69, 9.17) is 0 Å². The highest BCUT2D eigenvalue weighted by molar-refractivity contribution is 7.90. The van der Waals surface area contributed by atoms with Gasteiger partial charge in [0.2, 0.25) is 0 Å². The molecule has 3 aromatic rings. The van der Waals surface area contributed by atoms with Crippen LogP contribution in [0.4, 0.5) is 5.69 Å². The highest BCUT2D eigenvalue weighted by atomic mass is 32.2. The number of pyridine rings is 1. The number of fused-ring (bicyclic) bond motifs is 2. The molecule has 0 atom stereocenters. The summed E-state index contributed by atoms with van der Waals surface area (Å²) in [6, 6.07) is 13.3. The lowest BCUT2D eigenvalue weighted by atomic mass is 10.1. The van der Waals surface area contributed by atoms with Crippen LogP contribution in [-0.4, -0.2) is 23.9 Å². The van der Waals surface area contributed by atoms with Crippen molar-refractivity contribution in [2.75, 3.05) is 5.32 Å². The zero-order valence-corrected chi connectivity index (χ0v) is 16.2. The Morgan fingerprint density at radius 1 is 1.11 bits per heavy atom. The predicted octanol–water partition coefficient (Wildman–Crippen LogP) is 2.92. The van der Waals surface area contributed by atoms with E-state index in [2.05, 4.69) is 9.71 Å². The Morgan fingerprint density at radius 2 is 1.79 bits per heavy atom. The molecule has 2 aromatic carbocycles. The molecule has 1 aliphatic rings. The third-order valence-corrected chi connectivity index (χ3v) is 5.89. The standard InChI is InChI=1S/C20H19N3O4S/c1-12(2)11-23-15-9-5-3-7-13(15)18(24)17(20(23)25)19-21-14-8-4-6-10-16(14)28(26,27)22-19/h3-10,12,24H,11H2,1-2H3,(H,21,22). The molecule has 144 valence electrons. The van der Waals surface area contributed by atoms with E-state index in [0.717, 1.165) is 0 Å². The van der Waals surface area contributed by atoms with Gasteiger partial charge in [-0.3, -0.25) is 4.79 Å². The van der Waals surface area contributed by atoms with Crippen LogP contribution >= 0.6 is 0 Å². The van der Waals surface area contributed by atoms with Crippen LogP contribution in [0, 0.1) is 5.92 Å². The van der Waals surface area contributed by atoms with E-state index in [-0.39, 0.29) is 28.0 Å². The average molecular weight is 397 g/mol. The molecule has 8 heteroatoms. The zero-order chi connectivity index (χ0) is 20.1. The second-order valence-electron chi connectivity index (χ2n) is 7.09. The second kappa shape index (κ2) is 6.49. The summed E-state index contributed by atoms with van der Waals surface area (Å²) in [6.45, 7) is 4.37. The first kappa shape index (κ1) is 18.2. The molecule has 0 spiro atoms. The average Bonchev–Trinajstić information content (AvgIpc) is 2.65. The first-order valence-electron chi connectivity index (χ1n) is 8.85. The van der Waals surface area contributed by atoms with Crippen molar-refractivity contribution >= 4 is 32.4 Å². The molecule has 0 radical (unpaired) electrons. The van der Waals surface area contributed by atoms with E-state index in [1.165, 1.54) is 6.07 Å². The SMILES string of the molecule is CC(C)Cn1c(=O)c(C2=NS(=O)(=O)c3ccccc3N2)c(O)c2ccccc21. The second-order valence-corrected chi connectivity index (χ2v) is 8.66. The van der Waals surface area contributed by atoms with Crippen LogP contribution in [0.1, 0.15) is 19.4 Å². The molecule has 7 nitrogen and oxygen atoms in total. The molecule has 1 aromatic heterocycles. The van der Waals surface area contributed by atoms with E-state index in [1.54, 1.807) is 47.0 Å². The number of hydrogen-bond donors (Lipinski definition) is 2. The number of nitrogens with zero attached hydrogens (tertiary/aromatic N) is 2. The molecule has 0 aliphatic carbocycles. The lowest BCUT2D eigenvalue weighted by Gasteiger charge is -2.21. The summed E-state index contributed by atoms with van der Waals surface area (Å²) in [5.41, 5.74) is 0.250. The van der Waals surface area contributed by atoms with E-state index in [1.807, 2.05) is 13.8 Å². The van der Waals surface area contributed by atoms with Crippen LogP contribution in [-0.2, 0) is 16.6 Å². The van der Waals surface area contributed by atoms with Crippen molar-refractivity contribution in [3.8, 4) is 5.75 Å². The van der Waals surface area contributed by atoms with Crippen molar-refractivity contribution in [1.82, 2.24) is 4.57 Å². The molecule has 0 amide bonds. The van der Waals surface area contributed by atoms with Crippen molar-refractivity contribution in [2.24, 2.45) is 10.3 Å². The van der Waals surface area contributed by atoms with Gasteiger partial charge in [0.1, 0.15) is 16.2 Å². The van der Waals surface area contributed by atoms with Crippen LogP contribution in [0.5, 0.6) is 5.75 Å².